The fourth-order valence-corrected chi connectivity index (χ4v) is 2.12. The summed E-state index contributed by atoms with van der Waals surface area (Å²) >= 11 is 6.22. The molecule has 1 heterocycles. The summed E-state index contributed by atoms with van der Waals surface area (Å²) in [6, 6.07) is 6.82. The van der Waals surface area contributed by atoms with E-state index in [-0.39, 0.29) is 11.0 Å². The van der Waals surface area contributed by atoms with Gasteiger partial charge in [-0.2, -0.15) is 0 Å². The van der Waals surface area contributed by atoms with E-state index < -0.39 is 0 Å². The second-order valence-corrected chi connectivity index (χ2v) is 5.95. The topological polar surface area (TPSA) is 55.0 Å². The number of halogens is 1. The van der Waals surface area contributed by atoms with Crippen molar-refractivity contribution in [2.75, 3.05) is 7.11 Å². The van der Waals surface area contributed by atoms with E-state index in [0.29, 0.717) is 27.9 Å². The van der Waals surface area contributed by atoms with Gasteiger partial charge in [0.15, 0.2) is 0 Å². The molecule has 0 radical (unpaired) electrons. The van der Waals surface area contributed by atoms with E-state index >= 15 is 0 Å². The molecule has 0 saturated carbocycles. The Kier molecular flexibility index (Phi) is 3.86. The van der Waals surface area contributed by atoms with Crippen LogP contribution in [-0.4, -0.2) is 17.1 Å². The van der Waals surface area contributed by atoms with Gasteiger partial charge in [-0.3, -0.25) is 4.79 Å². The van der Waals surface area contributed by atoms with E-state index in [1.54, 1.807) is 25.3 Å². The molecule has 1 aromatic carbocycles. The standard InChI is InChI=1S/C15H17ClN2O2/c1-15(2,3)11-8-12(19)18-14(17-11)13-9(16)6-5-7-10(13)20-4/h5-8H,1-4H3,(H,17,18,19). The number of aromatic nitrogens is 2. The summed E-state index contributed by atoms with van der Waals surface area (Å²) in [5, 5.41) is 0.485. The van der Waals surface area contributed by atoms with E-state index in [0.717, 1.165) is 0 Å². The number of H-pyrrole nitrogens is 1. The molecule has 0 aliphatic carbocycles. The lowest BCUT2D eigenvalue weighted by molar-refractivity contribution is 0.416. The highest BCUT2D eigenvalue weighted by Crippen LogP contribution is 2.34. The minimum atomic E-state index is -0.225. The molecule has 5 heteroatoms. The average molecular weight is 293 g/mol. The molecule has 0 unspecified atom stereocenters. The molecule has 1 N–H and O–H groups in total. The SMILES string of the molecule is COc1cccc(Cl)c1-c1nc(C(C)(C)C)cc(=O)[nH]1. The van der Waals surface area contributed by atoms with Crippen molar-refractivity contribution < 1.29 is 4.74 Å². The predicted molar refractivity (Wildman–Crippen MR) is 80.6 cm³/mol. The van der Waals surface area contributed by atoms with Crippen molar-refractivity contribution in [3.05, 3.63) is 45.3 Å². The van der Waals surface area contributed by atoms with Crippen LogP contribution in [-0.2, 0) is 5.41 Å². The van der Waals surface area contributed by atoms with Crippen LogP contribution in [0.3, 0.4) is 0 Å². The van der Waals surface area contributed by atoms with Crippen LogP contribution in [0.15, 0.2) is 29.1 Å². The van der Waals surface area contributed by atoms with Crippen molar-refractivity contribution in [2.45, 2.75) is 26.2 Å². The fraction of sp³-hybridized carbons (Fsp3) is 0.333. The number of benzene rings is 1. The lowest BCUT2D eigenvalue weighted by Crippen LogP contribution is -2.20. The highest BCUT2D eigenvalue weighted by Gasteiger charge is 2.19. The Hall–Kier alpha value is -1.81. The second kappa shape index (κ2) is 5.29. The molecule has 0 aliphatic rings. The maximum atomic E-state index is 11.9. The van der Waals surface area contributed by atoms with Gasteiger partial charge in [0.1, 0.15) is 11.6 Å². The van der Waals surface area contributed by atoms with Crippen molar-refractivity contribution in [3.8, 4) is 17.1 Å². The highest BCUT2D eigenvalue weighted by molar-refractivity contribution is 6.33. The zero-order valence-corrected chi connectivity index (χ0v) is 12.7. The molecule has 0 aliphatic heterocycles. The van der Waals surface area contributed by atoms with E-state index in [1.165, 1.54) is 6.07 Å². The van der Waals surface area contributed by atoms with E-state index in [9.17, 15) is 4.79 Å². The van der Waals surface area contributed by atoms with E-state index in [2.05, 4.69) is 9.97 Å². The molecule has 1 aromatic heterocycles. The summed E-state index contributed by atoms with van der Waals surface area (Å²) in [7, 11) is 1.56. The van der Waals surface area contributed by atoms with Crippen LogP contribution in [0, 0.1) is 0 Å². The third kappa shape index (κ3) is 2.85. The summed E-state index contributed by atoms with van der Waals surface area (Å²) in [5.74, 6) is 0.997. The van der Waals surface area contributed by atoms with Gasteiger partial charge in [0.2, 0.25) is 0 Å². The van der Waals surface area contributed by atoms with Gasteiger partial charge in [-0.25, -0.2) is 4.98 Å². The summed E-state index contributed by atoms with van der Waals surface area (Å²) in [4.78, 5) is 19.1. The molecule has 20 heavy (non-hydrogen) atoms. The molecule has 106 valence electrons. The van der Waals surface area contributed by atoms with Crippen LogP contribution in [0.2, 0.25) is 5.02 Å². The molecule has 0 fully saturated rings. The van der Waals surface area contributed by atoms with Crippen molar-refractivity contribution in [2.24, 2.45) is 0 Å². The number of aromatic amines is 1. The molecule has 0 bridgehead atoms. The summed E-state index contributed by atoms with van der Waals surface area (Å²) in [6.07, 6.45) is 0. The third-order valence-electron chi connectivity index (χ3n) is 2.94. The fourth-order valence-electron chi connectivity index (χ4n) is 1.86. The van der Waals surface area contributed by atoms with Crippen molar-refractivity contribution >= 4 is 11.6 Å². The quantitative estimate of drug-likeness (QED) is 0.923. The molecular weight excluding hydrogens is 276 g/mol. The number of nitrogens with one attached hydrogen (secondary N) is 1. The lowest BCUT2D eigenvalue weighted by Gasteiger charge is -2.18. The van der Waals surface area contributed by atoms with Gasteiger partial charge < -0.3 is 9.72 Å². The number of ether oxygens (including phenoxy) is 1. The number of hydrogen-bond donors (Lipinski definition) is 1. The normalized spacial score (nSPS) is 11.4. The van der Waals surface area contributed by atoms with Crippen LogP contribution < -0.4 is 10.3 Å². The van der Waals surface area contributed by atoms with Gasteiger partial charge in [-0.1, -0.05) is 38.4 Å². The van der Waals surface area contributed by atoms with Gasteiger partial charge in [0, 0.05) is 11.5 Å². The number of methoxy groups -OCH3 is 1. The monoisotopic (exact) mass is 292 g/mol. The minimum absolute atomic E-state index is 0.207. The second-order valence-electron chi connectivity index (χ2n) is 5.55. The number of nitrogens with zero attached hydrogens (tertiary/aromatic N) is 1. The van der Waals surface area contributed by atoms with Crippen molar-refractivity contribution in [1.82, 2.24) is 9.97 Å². The molecule has 2 rings (SSSR count). The first-order valence-corrected chi connectivity index (χ1v) is 6.65. The van der Waals surface area contributed by atoms with Crippen LogP contribution in [0.25, 0.3) is 11.4 Å². The average Bonchev–Trinajstić information content (AvgIpc) is 2.36. The summed E-state index contributed by atoms with van der Waals surface area (Å²) < 4.78 is 5.30. The highest BCUT2D eigenvalue weighted by atomic mass is 35.5. The van der Waals surface area contributed by atoms with Crippen LogP contribution in [0.1, 0.15) is 26.5 Å². The van der Waals surface area contributed by atoms with Crippen LogP contribution in [0.4, 0.5) is 0 Å². The molecule has 0 spiro atoms. The largest absolute Gasteiger partial charge is 0.496 e. The Balaban J connectivity index is 2.71. The first-order chi connectivity index (χ1) is 9.32. The first kappa shape index (κ1) is 14.6. The maximum Gasteiger partial charge on any atom is 0.251 e. The molecule has 0 amide bonds. The molecule has 4 nitrogen and oxygen atoms in total. The number of hydrogen-bond acceptors (Lipinski definition) is 3. The minimum Gasteiger partial charge on any atom is -0.496 e. The van der Waals surface area contributed by atoms with Crippen LogP contribution in [0.5, 0.6) is 5.75 Å². The predicted octanol–water partition coefficient (Wildman–Crippen LogP) is 3.40. The first-order valence-electron chi connectivity index (χ1n) is 6.27. The number of rotatable bonds is 2. The van der Waals surface area contributed by atoms with E-state index in [1.807, 2.05) is 20.8 Å². The molecule has 0 saturated heterocycles. The molecular formula is C15H17ClN2O2. The smallest absolute Gasteiger partial charge is 0.251 e. The van der Waals surface area contributed by atoms with Gasteiger partial charge in [-0.05, 0) is 12.1 Å². The van der Waals surface area contributed by atoms with Crippen molar-refractivity contribution in [1.29, 1.82) is 0 Å². The van der Waals surface area contributed by atoms with Gasteiger partial charge in [-0.15, -0.1) is 0 Å². The molecule has 2 aromatic rings. The zero-order chi connectivity index (χ0) is 14.9. The van der Waals surface area contributed by atoms with Gasteiger partial charge in [0.05, 0.1) is 23.4 Å². The third-order valence-corrected chi connectivity index (χ3v) is 3.26. The van der Waals surface area contributed by atoms with Gasteiger partial charge >= 0.3 is 0 Å². The molecule has 0 atom stereocenters. The Morgan fingerprint density at radius 3 is 2.60 bits per heavy atom. The Morgan fingerprint density at radius 1 is 1.30 bits per heavy atom. The Labute approximate surface area is 122 Å². The summed E-state index contributed by atoms with van der Waals surface area (Å²) in [5.41, 5.74) is 0.873. The maximum absolute atomic E-state index is 11.9. The summed E-state index contributed by atoms with van der Waals surface area (Å²) in [6.45, 7) is 6.01. The lowest BCUT2D eigenvalue weighted by atomic mass is 9.92. The van der Waals surface area contributed by atoms with Gasteiger partial charge in [0.25, 0.3) is 5.56 Å². The van der Waals surface area contributed by atoms with Crippen molar-refractivity contribution in [3.63, 3.8) is 0 Å². The Morgan fingerprint density at radius 2 is 2.00 bits per heavy atom. The Bertz CT molecular complexity index is 687. The zero-order valence-electron chi connectivity index (χ0n) is 12.0. The van der Waals surface area contributed by atoms with E-state index in [4.69, 9.17) is 16.3 Å². The van der Waals surface area contributed by atoms with Crippen LogP contribution >= 0.6 is 11.6 Å².